The molecule has 0 aliphatic carbocycles. The minimum absolute atomic E-state index is 0.219. The molecule has 2 aliphatic rings. The second-order valence-corrected chi connectivity index (χ2v) is 6.94. The summed E-state index contributed by atoms with van der Waals surface area (Å²) >= 11 is 1.56. The molecule has 0 radical (unpaired) electrons. The molecule has 4 rings (SSSR count). The molecule has 1 amide bonds. The summed E-state index contributed by atoms with van der Waals surface area (Å²) in [5, 5.41) is 6.88. The van der Waals surface area contributed by atoms with E-state index in [0.29, 0.717) is 41.3 Å². The summed E-state index contributed by atoms with van der Waals surface area (Å²) < 4.78 is 11.1. The minimum Gasteiger partial charge on any atom is -0.486 e. The Hall–Kier alpha value is -2.12. The predicted octanol–water partition coefficient (Wildman–Crippen LogP) is 2.63. The third-order valence-electron chi connectivity index (χ3n) is 4.30. The Bertz CT molecular complexity index is 740. The number of nitrogens with one attached hydrogen (secondary N) is 2. The zero-order valence-electron chi connectivity index (χ0n) is 13.2. The molecule has 1 aromatic carbocycles. The maximum absolute atomic E-state index is 12.6. The number of carbonyl (C=O) groups excluding carboxylic acids is 1. The maximum atomic E-state index is 12.6. The first-order valence-electron chi connectivity index (χ1n) is 8.17. The van der Waals surface area contributed by atoms with Gasteiger partial charge in [0.25, 0.3) is 5.91 Å². The molecule has 1 fully saturated rings. The number of rotatable bonds is 3. The van der Waals surface area contributed by atoms with Crippen LogP contribution in [0.2, 0.25) is 0 Å². The van der Waals surface area contributed by atoms with Crippen molar-refractivity contribution in [1.82, 2.24) is 10.3 Å². The molecule has 0 spiro atoms. The van der Waals surface area contributed by atoms with Gasteiger partial charge in [0.1, 0.15) is 13.2 Å². The molecule has 6 nitrogen and oxygen atoms in total. The van der Waals surface area contributed by atoms with Gasteiger partial charge >= 0.3 is 0 Å². The van der Waals surface area contributed by atoms with Crippen molar-refractivity contribution < 1.29 is 14.3 Å². The molecule has 0 atom stereocenters. The van der Waals surface area contributed by atoms with Gasteiger partial charge in [0.2, 0.25) is 0 Å². The molecular weight excluding hydrogens is 326 g/mol. The lowest BCUT2D eigenvalue weighted by atomic mass is 9.97. The van der Waals surface area contributed by atoms with Crippen molar-refractivity contribution in [3.05, 3.63) is 34.8 Å². The van der Waals surface area contributed by atoms with Crippen molar-refractivity contribution in [3.8, 4) is 11.5 Å². The smallest absolute Gasteiger partial charge is 0.261 e. The molecule has 0 saturated carbocycles. The molecule has 2 aromatic rings. The highest BCUT2D eigenvalue weighted by molar-refractivity contribution is 7.15. The van der Waals surface area contributed by atoms with Gasteiger partial charge in [-0.3, -0.25) is 10.1 Å². The van der Waals surface area contributed by atoms with Crippen LogP contribution in [0, 0.1) is 0 Å². The van der Waals surface area contributed by atoms with Crippen LogP contribution in [0.15, 0.2) is 24.4 Å². The van der Waals surface area contributed by atoms with Gasteiger partial charge in [0, 0.05) is 11.1 Å². The number of aromatic nitrogens is 1. The van der Waals surface area contributed by atoms with E-state index < -0.39 is 0 Å². The van der Waals surface area contributed by atoms with Crippen LogP contribution in [0.25, 0.3) is 0 Å². The zero-order chi connectivity index (χ0) is 16.4. The van der Waals surface area contributed by atoms with E-state index in [0.717, 1.165) is 25.9 Å². The Kier molecular flexibility index (Phi) is 4.36. The number of piperidine rings is 1. The van der Waals surface area contributed by atoms with Gasteiger partial charge in [-0.2, -0.15) is 0 Å². The van der Waals surface area contributed by atoms with Crippen molar-refractivity contribution in [2.75, 3.05) is 31.6 Å². The third-order valence-corrected chi connectivity index (χ3v) is 5.37. The first kappa shape index (κ1) is 15.4. The number of nitrogens with zero attached hydrogens (tertiary/aromatic N) is 1. The number of carbonyl (C=O) groups is 1. The average molecular weight is 345 g/mol. The van der Waals surface area contributed by atoms with Crippen molar-refractivity contribution in [1.29, 1.82) is 0 Å². The van der Waals surface area contributed by atoms with Crippen molar-refractivity contribution in [3.63, 3.8) is 0 Å². The first-order chi connectivity index (χ1) is 11.8. The van der Waals surface area contributed by atoms with Gasteiger partial charge < -0.3 is 14.8 Å². The van der Waals surface area contributed by atoms with Crippen molar-refractivity contribution >= 4 is 22.4 Å². The van der Waals surface area contributed by atoms with E-state index in [2.05, 4.69) is 15.6 Å². The quantitative estimate of drug-likeness (QED) is 0.895. The average Bonchev–Trinajstić information content (AvgIpc) is 3.10. The second kappa shape index (κ2) is 6.78. The number of hydrogen-bond acceptors (Lipinski definition) is 6. The molecule has 24 heavy (non-hydrogen) atoms. The van der Waals surface area contributed by atoms with E-state index >= 15 is 0 Å². The third kappa shape index (κ3) is 3.09. The standard InChI is InChI=1S/C17H19N3O3S/c21-16(12-2-1-3-13-15(12)23-9-8-22-13)20-17-19-10-14(24-17)11-4-6-18-7-5-11/h1-3,10-11,18H,4-9H2,(H,19,20,21). The molecular formula is C17H19N3O3S. The fourth-order valence-electron chi connectivity index (χ4n) is 3.06. The largest absolute Gasteiger partial charge is 0.486 e. The van der Waals surface area contributed by atoms with Crippen LogP contribution < -0.4 is 20.1 Å². The molecule has 126 valence electrons. The van der Waals surface area contributed by atoms with Crippen LogP contribution in [0.1, 0.15) is 34.0 Å². The highest BCUT2D eigenvalue weighted by Crippen LogP contribution is 2.35. The summed E-state index contributed by atoms with van der Waals surface area (Å²) in [6, 6.07) is 5.35. The van der Waals surface area contributed by atoms with E-state index in [1.165, 1.54) is 4.88 Å². The molecule has 1 saturated heterocycles. The Balaban J connectivity index is 1.49. The molecule has 7 heteroatoms. The highest BCUT2D eigenvalue weighted by Gasteiger charge is 2.22. The molecule has 3 heterocycles. The van der Waals surface area contributed by atoms with Gasteiger partial charge in [-0.1, -0.05) is 6.07 Å². The monoisotopic (exact) mass is 345 g/mol. The first-order valence-corrected chi connectivity index (χ1v) is 8.99. The minimum atomic E-state index is -0.219. The van der Waals surface area contributed by atoms with E-state index in [9.17, 15) is 4.79 Å². The van der Waals surface area contributed by atoms with Crippen LogP contribution in [0.5, 0.6) is 11.5 Å². The number of anilines is 1. The van der Waals surface area contributed by atoms with Gasteiger partial charge in [0.05, 0.1) is 5.56 Å². The van der Waals surface area contributed by atoms with Gasteiger partial charge in [-0.05, 0) is 44.0 Å². The number of para-hydroxylation sites is 1. The lowest BCUT2D eigenvalue weighted by Gasteiger charge is -2.20. The SMILES string of the molecule is O=C(Nc1ncc(C2CCNCC2)s1)c1cccc2c1OCCO2. The molecule has 1 aromatic heterocycles. The van der Waals surface area contributed by atoms with E-state index in [1.54, 1.807) is 23.5 Å². The van der Waals surface area contributed by atoms with Crippen molar-refractivity contribution in [2.45, 2.75) is 18.8 Å². The lowest BCUT2D eigenvalue weighted by molar-refractivity contribution is 0.101. The summed E-state index contributed by atoms with van der Waals surface area (Å²) in [6.07, 6.45) is 4.12. The summed E-state index contributed by atoms with van der Waals surface area (Å²) in [5.74, 6) is 1.44. The number of benzene rings is 1. The summed E-state index contributed by atoms with van der Waals surface area (Å²) in [7, 11) is 0. The Morgan fingerprint density at radius 3 is 2.96 bits per heavy atom. The molecule has 0 unspecified atom stereocenters. The molecule has 2 N–H and O–H groups in total. The van der Waals surface area contributed by atoms with Crippen LogP contribution in [0.3, 0.4) is 0 Å². The fraction of sp³-hybridized carbons (Fsp3) is 0.412. The molecule has 0 bridgehead atoms. The van der Waals surface area contributed by atoms with E-state index in [1.807, 2.05) is 12.3 Å². The number of thiazole rings is 1. The zero-order valence-corrected chi connectivity index (χ0v) is 14.0. The van der Waals surface area contributed by atoms with Crippen molar-refractivity contribution in [2.24, 2.45) is 0 Å². The summed E-state index contributed by atoms with van der Waals surface area (Å²) in [5.41, 5.74) is 0.478. The van der Waals surface area contributed by atoms with Gasteiger partial charge in [-0.15, -0.1) is 11.3 Å². The number of ether oxygens (including phenoxy) is 2. The topological polar surface area (TPSA) is 72.5 Å². The Morgan fingerprint density at radius 1 is 1.25 bits per heavy atom. The summed E-state index contributed by atoms with van der Waals surface area (Å²) in [4.78, 5) is 18.2. The highest BCUT2D eigenvalue weighted by atomic mass is 32.1. The number of amides is 1. The predicted molar refractivity (Wildman–Crippen MR) is 92.3 cm³/mol. The normalized spacial score (nSPS) is 17.5. The van der Waals surface area contributed by atoms with E-state index in [-0.39, 0.29) is 5.91 Å². The maximum Gasteiger partial charge on any atom is 0.261 e. The van der Waals surface area contributed by atoms with Crippen LogP contribution >= 0.6 is 11.3 Å². The lowest BCUT2D eigenvalue weighted by Crippen LogP contribution is -2.26. The number of hydrogen-bond donors (Lipinski definition) is 2. The Labute approximate surface area is 144 Å². The Morgan fingerprint density at radius 2 is 2.08 bits per heavy atom. The van der Waals surface area contributed by atoms with E-state index in [4.69, 9.17) is 9.47 Å². The van der Waals surface area contributed by atoms with Gasteiger partial charge in [-0.25, -0.2) is 4.98 Å². The molecule has 2 aliphatic heterocycles. The van der Waals surface area contributed by atoms with Crippen LogP contribution in [-0.2, 0) is 0 Å². The van der Waals surface area contributed by atoms with Crippen LogP contribution in [-0.4, -0.2) is 37.2 Å². The fourth-order valence-corrected chi connectivity index (χ4v) is 4.04. The van der Waals surface area contributed by atoms with Crippen LogP contribution in [0.4, 0.5) is 5.13 Å². The second-order valence-electron chi connectivity index (χ2n) is 5.88. The van der Waals surface area contributed by atoms with Gasteiger partial charge in [0.15, 0.2) is 16.6 Å². The summed E-state index contributed by atoms with van der Waals surface area (Å²) in [6.45, 7) is 3.04. The number of fused-ring (bicyclic) bond motifs is 1.